The first-order valence-electron chi connectivity index (χ1n) is 5.55. The Labute approximate surface area is 118 Å². The monoisotopic (exact) mass is 294 g/mol. The molecule has 7 heteroatoms. The molecule has 1 aromatic heterocycles. The summed E-state index contributed by atoms with van der Waals surface area (Å²) in [4.78, 5) is 23.1. The highest BCUT2D eigenvalue weighted by atomic mass is 32.1. The molecule has 5 nitrogen and oxygen atoms in total. The first-order chi connectivity index (χ1) is 9.52. The van der Waals surface area contributed by atoms with E-state index in [0.29, 0.717) is 5.75 Å². The van der Waals surface area contributed by atoms with Gasteiger partial charge in [0.25, 0.3) is 11.8 Å². The number of amides is 2. The second kappa shape index (κ2) is 5.70. The summed E-state index contributed by atoms with van der Waals surface area (Å²) in [6, 6.07) is 5.38. The zero-order valence-electron chi connectivity index (χ0n) is 10.5. The van der Waals surface area contributed by atoms with Crippen molar-refractivity contribution in [3.05, 3.63) is 46.6 Å². The molecule has 1 aromatic carbocycles. The highest BCUT2D eigenvalue weighted by Gasteiger charge is 2.16. The molecule has 0 saturated carbocycles. The van der Waals surface area contributed by atoms with Crippen LogP contribution >= 0.6 is 11.3 Å². The van der Waals surface area contributed by atoms with Crippen molar-refractivity contribution in [3.8, 4) is 5.75 Å². The number of carbonyl (C=O) groups is 2. The van der Waals surface area contributed by atoms with Crippen LogP contribution in [0, 0.1) is 5.82 Å². The number of hydrogen-bond donors (Lipinski definition) is 2. The molecule has 20 heavy (non-hydrogen) atoms. The molecule has 0 bridgehead atoms. The Hall–Kier alpha value is -2.41. The summed E-state index contributed by atoms with van der Waals surface area (Å²) in [5.41, 5.74) is 5.22. The van der Waals surface area contributed by atoms with E-state index < -0.39 is 17.6 Å². The van der Waals surface area contributed by atoms with Gasteiger partial charge in [0, 0.05) is 6.07 Å². The highest BCUT2D eigenvalue weighted by molar-refractivity contribution is 7.14. The van der Waals surface area contributed by atoms with Crippen LogP contribution < -0.4 is 15.8 Å². The first kappa shape index (κ1) is 14.0. The summed E-state index contributed by atoms with van der Waals surface area (Å²) >= 11 is 1.13. The average molecular weight is 294 g/mol. The molecule has 1 heterocycles. The number of thiophene rings is 1. The third-order valence-corrected chi connectivity index (χ3v) is 3.41. The third-order valence-electron chi connectivity index (χ3n) is 2.58. The molecule has 0 unspecified atom stereocenters. The molecule has 0 radical (unpaired) electrons. The summed E-state index contributed by atoms with van der Waals surface area (Å²) in [6.45, 7) is 0. The molecular weight excluding hydrogens is 283 g/mol. The van der Waals surface area contributed by atoms with Gasteiger partial charge in [-0.25, -0.2) is 4.39 Å². The second-order valence-electron chi connectivity index (χ2n) is 3.83. The van der Waals surface area contributed by atoms with Crippen LogP contribution in [0.25, 0.3) is 0 Å². The quantitative estimate of drug-likeness (QED) is 0.907. The molecule has 0 aliphatic rings. The summed E-state index contributed by atoms with van der Waals surface area (Å²) in [7, 11) is 1.40. The van der Waals surface area contributed by atoms with Gasteiger partial charge in [-0.05, 0) is 23.6 Å². The van der Waals surface area contributed by atoms with E-state index in [2.05, 4.69) is 5.32 Å². The molecule has 0 fully saturated rings. The van der Waals surface area contributed by atoms with Crippen molar-refractivity contribution in [1.29, 1.82) is 0 Å². The van der Waals surface area contributed by atoms with Crippen molar-refractivity contribution in [3.63, 3.8) is 0 Å². The number of halogens is 1. The topological polar surface area (TPSA) is 81.4 Å². The lowest BCUT2D eigenvalue weighted by atomic mass is 10.2. The summed E-state index contributed by atoms with van der Waals surface area (Å²) in [5, 5.41) is 4.37. The van der Waals surface area contributed by atoms with Gasteiger partial charge in [0.1, 0.15) is 16.6 Å². The van der Waals surface area contributed by atoms with Crippen molar-refractivity contribution < 1.29 is 18.7 Å². The van der Waals surface area contributed by atoms with Gasteiger partial charge in [0.15, 0.2) is 0 Å². The minimum absolute atomic E-state index is 0.144. The summed E-state index contributed by atoms with van der Waals surface area (Å²) in [6.07, 6.45) is 0. The minimum atomic E-state index is -0.709. The van der Waals surface area contributed by atoms with E-state index in [1.807, 2.05) is 0 Å². The van der Waals surface area contributed by atoms with Gasteiger partial charge < -0.3 is 15.8 Å². The lowest BCUT2D eigenvalue weighted by molar-refractivity contribution is 0.100. The Bertz CT molecular complexity index is 669. The number of hydrogen-bond acceptors (Lipinski definition) is 4. The fourth-order valence-electron chi connectivity index (χ4n) is 1.58. The maximum atomic E-state index is 13.7. The standard InChI is InChI=1S/C13H11FN2O3S/c1-19-7-2-3-8(10(14)6-7)12(18)16-13-9(11(15)17)4-5-20-13/h2-6H,1H3,(H2,15,17)(H,16,18). The normalized spacial score (nSPS) is 10.1. The van der Waals surface area contributed by atoms with Gasteiger partial charge in [-0.1, -0.05) is 0 Å². The van der Waals surface area contributed by atoms with Gasteiger partial charge in [-0.2, -0.15) is 0 Å². The minimum Gasteiger partial charge on any atom is -0.497 e. The maximum absolute atomic E-state index is 13.7. The van der Waals surface area contributed by atoms with Crippen molar-refractivity contribution in [2.45, 2.75) is 0 Å². The van der Waals surface area contributed by atoms with E-state index in [1.54, 1.807) is 5.38 Å². The Morgan fingerprint density at radius 1 is 1.30 bits per heavy atom. The van der Waals surface area contributed by atoms with Crippen molar-refractivity contribution in [2.75, 3.05) is 12.4 Å². The fourth-order valence-corrected chi connectivity index (χ4v) is 2.36. The largest absolute Gasteiger partial charge is 0.497 e. The van der Waals surface area contributed by atoms with Crippen molar-refractivity contribution >= 4 is 28.2 Å². The fraction of sp³-hybridized carbons (Fsp3) is 0.0769. The van der Waals surface area contributed by atoms with E-state index in [1.165, 1.54) is 25.3 Å². The van der Waals surface area contributed by atoms with E-state index in [0.717, 1.165) is 17.4 Å². The smallest absolute Gasteiger partial charge is 0.259 e. The summed E-state index contributed by atoms with van der Waals surface area (Å²) < 4.78 is 18.6. The molecule has 2 aromatic rings. The second-order valence-corrected chi connectivity index (χ2v) is 4.74. The molecule has 0 saturated heterocycles. The third kappa shape index (κ3) is 2.77. The lowest BCUT2D eigenvalue weighted by Gasteiger charge is -2.07. The van der Waals surface area contributed by atoms with E-state index in [4.69, 9.17) is 10.5 Å². The number of carbonyl (C=O) groups excluding carboxylic acids is 2. The number of nitrogens with one attached hydrogen (secondary N) is 1. The SMILES string of the molecule is COc1ccc(C(=O)Nc2sccc2C(N)=O)c(F)c1. The number of benzene rings is 1. The van der Waals surface area contributed by atoms with Crippen LogP contribution in [0.5, 0.6) is 5.75 Å². The molecule has 0 spiro atoms. The molecule has 2 rings (SSSR count). The van der Waals surface area contributed by atoms with Gasteiger partial charge in [0.2, 0.25) is 0 Å². The van der Waals surface area contributed by atoms with Gasteiger partial charge >= 0.3 is 0 Å². The van der Waals surface area contributed by atoms with Crippen LogP contribution in [0.4, 0.5) is 9.39 Å². The molecule has 2 amide bonds. The van der Waals surface area contributed by atoms with E-state index >= 15 is 0 Å². The Balaban J connectivity index is 2.24. The number of ether oxygens (including phenoxy) is 1. The average Bonchev–Trinajstić information content (AvgIpc) is 2.86. The molecule has 104 valence electrons. The molecule has 0 aliphatic heterocycles. The first-order valence-corrected chi connectivity index (χ1v) is 6.43. The van der Waals surface area contributed by atoms with Crippen LogP contribution in [-0.2, 0) is 0 Å². The Kier molecular flexibility index (Phi) is 3.99. The molecular formula is C13H11FN2O3S. The van der Waals surface area contributed by atoms with Crippen LogP contribution in [0.15, 0.2) is 29.6 Å². The number of anilines is 1. The molecule has 3 N–H and O–H groups in total. The van der Waals surface area contributed by atoms with Gasteiger partial charge in [0.05, 0.1) is 18.2 Å². The van der Waals surface area contributed by atoms with E-state index in [-0.39, 0.29) is 16.1 Å². The van der Waals surface area contributed by atoms with Crippen LogP contribution in [0.3, 0.4) is 0 Å². The van der Waals surface area contributed by atoms with Crippen molar-refractivity contribution in [2.24, 2.45) is 5.73 Å². The number of nitrogens with two attached hydrogens (primary N) is 1. The zero-order chi connectivity index (χ0) is 14.7. The zero-order valence-corrected chi connectivity index (χ0v) is 11.3. The number of rotatable bonds is 4. The van der Waals surface area contributed by atoms with Crippen molar-refractivity contribution in [1.82, 2.24) is 0 Å². The highest BCUT2D eigenvalue weighted by Crippen LogP contribution is 2.24. The lowest BCUT2D eigenvalue weighted by Crippen LogP contribution is -2.17. The number of methoxy groups -OCH3 is 1. The summed E-state index contributed by atoms with van der Waals surface area (Å²) in [5.74, 6) is -1.71. The predicted molar refractivity (Wildman–Crippen MR) is 73.7 cm³/mol. The predicted octanol–water partition coefficient (Wildman–Crippen LogP) is 2.25. The Morgan fingerprint density at radius 2 is 2.05 bits per heavy atom. The number of primary amides is 1. The van der Waals surface area contributed by atoms with Gasteiger partial charge in [-0.3, -0.25) is 9.59 Å². The maximum Gasteiger partial charge on any atom is 0.259 e. The molecule has 0 atom stereocenters. The van der Waals surface area contributed by atoms with E-state index in [9.17, 15) is 14.0 Å². The Morgan fingerprint density at radius 3 is 2.65 bits per heavy atom. The van der Waals surface area contributed by atoms with Gasteiger partial charge in [-0.15, -0.1) is 11.3 Å². The van der Waals surface area contributed by atoms with Crippen LogP contribution in [0.1, 0.15) is 20.7 Å². The van der Waals surface area contributed by atoms with Crippen LogP contribution in [-0.4, -0.2) is 18.9 Å². The van der Waals surface area contributed by atoms with Crippen LogP contribution in [0.2, 0.25) is 0 Å². The molecule has 0 aliphatic carbocycles.